The second-order valence-corrected chi connectivity index (χ2v) is 13.6. The minimum atomic E-state index is 0. The molecule has 0 saturated carbocycles. The van der Waals surface area contributed by atoms with Crippen molar-refractivity contribution in [3.63, 3.8) is 0 Å². The van der Waals surface area contributed by atoms with Crippen LogP contribution in [0.4, 0.5) is 0 Å². The summed E-state index contributed by atoms with van der Waals surface area (Å²) in [5.41, 5.74) is 0. The standard InChI is InChI=1S/2C16H34N.C10H22O.ClH.Ti/c2*1-3-5-7-9-11-13-15-17-16-14-12-10-8-6-4-2;1-2-3-4-5-6-7-8-9-10-11;;/h2*3-16H2,1-2H3;11H,2-10H2,1H3;1H;/q2*-1;;;+2/p-1. The van der Waals surface area contributed by atoms with Gasteiger partial charge in [-0.3, -0.25) is 0 Å². The van der Waals surface area contributed by atoms with Crippen molar-refractivity contribution in [2.45, 2.75) is 240 Å². The smallest absolute Gasteiger partial charge is 1.00 e. The minimum absolute atomic E-state index is 0. The number of rotatable bonds is 36. The van der Waals surface area contributed by atoms with E-state index in [2.05, 4.69) is 45.3 Å². The van der Waals surface area contributed by atoms with Crippen LogP contribution in [-0.2, 0) is 21.7 Å². The first-order valence-electron chi connectivity index (χ1n) is 21.1. The van der Waals surface area contributed by atoms with E-state index in [4.69, 9.17) is 5.11 Å². The summed E-state index contributed by atoms with van der Waals surface area (Å²) >= 11 is 0. The molecule has 0 unspecified atom stereocenters. The van der Waals surface area contributed by atoms with Crippen molar-refractivity contribution in [2.75, 3.05) is 32.8 Å². The van der Waals surface area contributed by atoms with Crippen molar-refractivity contribution >= 4 is 0 Å². The molecule has 0 aliphatic rings. The molecule has 0 aliphatic carbocycles. The van der Waals surface area contributed by atoms with E-state index in [0.29, 0.717) is 6.61 Å². The van der Waals surface area contributed by atoms with Crippen LogP contribution in [0.3, 0.4) is 0 Å². The van der Waals surface area contributed by atoms with Gasteiger partial charge < -0.3 is 28.1 Å². The SMILES string of the molecule is CCCCCCCCCCO.CCCCCCCC[N-]CCCCCCCC.CCCCCCCC[N-]CCCCCCCC.[Cl-].[Ti+2]. The van der Waals surface area contributed by atoms with Crippen LogP contribution in [-0.4, -0.2) is 37.9 Å². The molecule has 0 aromatic heterocycles. The van der Waals surface area contributed by atoms with Crippen molar-refractivity contribution in [3.05, 3.63) is 10.6 Å². The Morgan fingerprint density at radius 2 is 0.447 bits per heavy atom. The molecule has 0 atom stereocenters. The average molecular weight is 723 g/mol. The third kappa shape index (κ3) is 69.4. The van der Waals surface area contributed by atoms with Gasteiger partial charge in [-0.2, -0.15) is 0 Å². The molecular weight excluding hydrogens is 632 g/mol. The fourth-order valence-electron chi connectivity index (χ4n) is 5.49. The Bertz CT molecular complexity index is 379. The van der Waals surface area contributed by atoms with Crippen LogP contribution in [0.2, 0.25) is 0 Å². The maximum atomic E-state index is 8.51. The first-order valence-corrected chi connectivity index (χ1v) is 21.1. The van der Waals surface area contributed by atoms with Crippen molar-refractivity contribution in [3.8, 4) is 0 Å². The molecule has 0 amide bonds. The number of nitrogens with zero attached hydrogens (tertiary/aromatic N) is 2. The summed E-state index contributed by atoms with van der Waals surface area (Å²) in [5, 5.41) is 17.7. The molecule has 3 nitrogen and oxygen atoms in total. The number of hydrogen-bond acceptors (Lipinski definition) is 1. The zero-order valence-corrected chi connectivity index (χ0v) is 35.7. The Labute approximate surface area is 321 Å². The molecule has 286 valence electrons. The summed E-state index contributed by atoms with van der Waals surface area (Å²) < 4.78 is 0. The van der Waals surface area contributed by atoms with E-state index >= 15 is 0 Å². The fourth-order valence-corrected chi connectivity index (χ4v) is 5.49. The Morgan fingerprint density at radius 3 is 0.638 bits per heavy atom. The fraction of sp³-hybridized carbons (Fsp3) is 1.00. The number of aliphatic hydroxyl groups excluding tert-OH is 1. The van der Waals surface area contributed by atoms with Gasteiger partial charge in [0.15, 0.2) is 0 Å². The quantitative estimate of drug-likeness (QED) is 0.0508. The zero-order valence-electron chi connectivity index (χ0n) is 33.4. The van der Waals surface area contributed by atoms with Crippen LogP contribution < -0.4 is 12.4 Å². The second-order valence-electron chi connectivity index (χ2n) is 13.6. The van der Waals surface area contributed by atoms with Crippen LogP contribution >= 0.6 is 0 Å². The minimum Gasteiger partial charge on any atom is -1.00 e. The third-order valence-corrected chi connectivity index (χ3v) is 8.69. The number of hydrogen-bond donors (Lipinski definition) is 1. The van der Waals surface area contributed by atoms with Crippen molar-refractivity contribution in [1.82, 2.24) is 0 Å². The summed E-state index contributed by atoms with van der Waals surface area (Å²) in [6.07, 6.45) is 43.6. The van der Waals surface area contributed by atoms with E-state index in [1.165, 1.54) is 199 Å². The Balaban J connectivity index is -0.000000188. The van der Waals surface area contributed by atoms with Gasteiger partial charge >= 0.3 is 21.7 Å². The maximum absolute atomic E-state index is 8.51. The Kier molecular flexibility index (Phi) is 75.6. The summed E-state index contributed by atoms with van der Waals surface area (Å²) in [4.78, 5) is 0. The summed E-state index contributed by atoms with van der Waals surface area (Å²) in [6, 6.07) is 0. The Morgan fingerprint density at radius 1 is 0.277 bits per heavy atom. The number of halogens is 1. The average Bonchev–Trinajstić information content (AvgIpc) is 3.06. The van der Waals surface area contributed by atoms with Crippen LogP contribution in [0.25, 0.3) is 10.6 Å². The molecule has 0 aromatic rings. The molecule has 0 saturated heterocycles. The first-order chi connectivity index (χ1) is 22.2. The summed E-state index contributed by atoms with van der Waals surface area (Å²) in [7, 11) is 0. The predicted octanol–water partition coefficient (Wildman–Crippen LogP) is 12.3. The predicted molar refractivity (Wildman–Crippen MR) is 209 cm³/mol. The zero-order chi connectivity index (χ0) is 33.6. The van der Waals surface area contributed by atoms with E-state index in [1.807, 2.05) is 0 Å². The summed E-state index contributed by atoms with van der Waals surface area (Å²) in [5.74, 6) is 0. The van der Waals surface area contributed by atoms with Crippen LogP contribution in [0.5, 0.6) is 0 Å². The van der Waals surface area contributed by atoms with E-state index in [0.717, 1.165) is 32.6 Å². The van der Waals surface area contributed by atoms with Gasteiger partial charge in [0.05, 0.1) is 0 Å². The number of unbranched alkanes of at least 4 members (excludes halogenated alkanes) is 27. The van der Waals surface area contributed by atoms with Gasteiger partial charge in [-0.05, 0) is 6.42 Å². The van der Waals surface area contributed by atoms with E-state index < -0.39 is 0 Å². The van der Waals surface area contributed by atoms with Gasteiger partial charge in [-0.25, -0.2) is 0 Å². The molecule has 0 heterocycles. The Hall–Kier alpha value is 0.884. The number of aliphatic hydroxyl groups is 1. The monoisotopic (exact) mass is 722 g/mol. The van der Waals surface area contributed by atoms with Gasteiger partial charge in [0.1, 0.15) is 0 Å². The van der Waals surface area contributed by atoms with Gasteiger partial charge in [0.2, 0.25) is 0 Å². The van der Waals surface area contributed by atoms with Crippen molar-refractivity contribution in [1.29, 1.82) is 0 Å². The molecule has 0 aromatic carbocycles. The van der Waals surface area contributed by atoms with E-state index in [1.54, 1.807) is 0 Å². The van der Waals surface area contributed by atoms with Gasteiger partial charge in [-0.1, -0.05) is 234 Å². The largest absolute Gasteiger partial charge is 2.00 e. The maximum Gasteiger partial charge on any atom is 2.00 e. The van der Waals surface area contributed by atoms with Gasteiger partial charge in [-0.15, -0.1) is 26.2 Å². The van der Waals surface area contributed by atoms with Crippen molar-refractivity contribution < 1.29 is 39.2 Å². The van der Waals surface area contributed by atoms with E-state index in [-0.39, 0.29) is 34.1 Å². The molecule has 47 heavy (non-hydrogen) atoms. The van der Waals surface area contributed by atoms with E-state index in [9.17, 15) is 0 Å². The molecule has 0 aliphatic heterocycles. The molecule has 5 heteroatoms. The molecule has 0 bridgehead atoms. The normalized spacial score (nSPS) is 10.3. The molecule has 0 spiro atoms. The van der Waals surface area contributed by atoms with Crippen LogP contribution in [0.1, 0.15) is 240 Å². The molecular formula is C42H90ClN2OTi-. The third-order valence-electron chi connectivity index (χ3n) is 8.69. The molecule has 1 N–H and O–H groups in total. The van der Waals surface area contributed by atoms with Crippen LogP contribution in [0.15, 0.2) is 0 Å². The second kappa shape index (κ2) is 62.1. The summed E-state index contributed by atoms with van der Waals surface area (Å²) in [6.45, 7) is 16.2. The topological polar surface area (TPSA) is 48.4 Å². The molecule has 0 radical (unpaired) electrons. The molecule has 0 fully saturated rings. The van der Waals surface area contributed by atoms with Crippen LogP contribution in [0, 0.1) is 0 Å². The first kappa shape index (κ1) is 57.2. The van der Waals surface area contributed by atoms with Crippen molar-refractivity contribution in [2.24, 2.45) is 0 Å². The van der Waals surface area contributed by atoms with Gasteiger partial charge in [0, 0.05) is 6.61 Å². The molecule has 0 rings (SSSR count). The van der Waals surface area contributed by atoms with Gasteiger partial charge in [0.25, 0.3) is 0 Å².